The Bertz CT molecular complexity index is 5670. The van der Waals surface area contributed by atoms with E-state index in [0.29, 0.717) is 42.4 Å². The van der Waals surface area contributed by atoms with E-state index in [1.165, 1.54) is 41.9 Å². The van der Waals surface area contributed by atoms with Gasteiger partial charge < -0.3 is 25.6 Å². The lowest BCUT2D eigenvalue weighted by Gasteiger charge is -2.47. The molecule has 4 saturated heterocycles. The number of benzene rings is 1. The highest BCUT2D eigenvalue weighted by atomic mass is 32.2. The summed E-state index contributed by atoms with van der Waals surface area (Å²) in [5, 5.41) is 61.6. The Kier molecular flexibility index (Phi) is 20.0. The van der Waals surface area contributed by atoms with E-state index in [2.05, 4.69) is 91.5 Å². The van der Waals surface area contributed by atoms with Gasteiger partial charge in [0.15, 0.2) is 0 Å². The SMILES string of the molecule is CCS(=O)(=O)N1CC(CC#N)(n2cc(-c3nc(Nc4cccc(N5CCOCC5)c4)nc4ccsc34)cn2)C1.CCS(=O)(=O)N1CC(CC#N)(n2cc(-c3nc(Nc4cncnc4)nc4ccsc34)cn2)C1.CCS(=O)(=O)N1CC(CC#N)(n2cc(-c3nc(Nc4cnn(C)c4)nc4ccsc34)cn2)C1. The molecule has 0 saturated carbocycles. The van der Waals surface area contributed by atoms with Crippen molar-refractivity contribution in [3.05, 3.63) is 127 Å². The lowest BCUT2D eigenvalue weighted by Crippen LogP contribution is -2.64. The van der Waals surface area contributed by atoms with Crippen LogP contribution in [0.4, 0.5) is 40.6 Å². The molecule has 4 aliphatic heterocycles. The predicted molar refractivity (Wildman–Crippen MR) is 398 cm³/mol. The van der Waals surface area contributed by atoms with E-state index in [0.717, 1.165) is 88.9 Å². The summed E-state index contributed by atoms with van der Waals surface area (Å²) in [5.41, 5.74) is 8.22. The highest BCUT2D eigenvalue weighted by Crippen LogP contribution is 2.42. The molecule has 15 heterocycles. The Morgan fingerprint density at radius 3 is 1.25 bits per heavy atom. The maximum atomic E-state index is 12.3. The molecule has 4 fully saturated rings. The van der Waals surface area contributed by atoms with Gasteiger partial charge in [0.2, 0.25) is 47.9 Å². The molecule has 0 radical (unpaired) electrons. The zero-order valence-corrected chi connectivity index (χ0v) is 61.9. The van der Waals surface area contributed by atoms with Gasteiger partial charge in [0.05, 0.1) is 164 Å². The van der Waals surface area contributed by atoms with Gasteiger partial charge in [-0.15, -0.1) is 34.0 Å². The molecule has 12 aromatic rings. The van der Waals surface area contributed by atoms with Gasteiger partial charge in [-0.2, -0.15) is 49.1 Å². The normalized spacial score (nSPS) is 16.5. The summed E-state index contributed by atoms with van der Waals surface area (Å²) in [6, 6.07) is 20.6. The highest BCUT2D eigenvalue weighted by molar-refractivity contribution is 7.89. The Labute approximate surface area is 615 Å². The molecular formula is C66H68N26O7S6. The van der Waals surface area contributed by atoms with Gasteiger partial charge in [-0.05, 0) is 73.3 Å². The molecule has 0 atom stereocenters. The minimum absolute atomic E-state index is 0.0273. The van der Waals surface area contributed by atoms with Gasteiger partial charge >= 0.3 is 0 Å². The van der Waals surface area contributed by atoms with Gasteiger partial charge in [0.25, 0.3) is 0 Å². The zero-order chi connectivity index (χ0) is 73.3. The summed E-state index contributed by atoms with van der Waals surface area (Å²) < 4.78 is 92.8. The van der Waals surface area contributed by atoms with Gasteiger partial charge in [-0.3, -0.25) is 18.7 Å². The monoisotopic (exact) mass is 1530 g/mol. The van der Waals surface area contributed by atoms with Crippen molar-refractivity contribution < 1.29 is 30.0 Å². The van der Waals surface area contributed by atoms with Crippen molar-refractivity contribution in [1.29, 1.82) is 15.8 Å². The molecule has 39 heteroatoms. The molecule has 0 aliphatic carbocycles. The van der Waals surface area contributed by atoms with Crippen LogP contribution in [0.15, 0.2) is 127 Å². The average molecular weight is 1530 g/mol. The van der Waals surface area contributed by atoms with Crippen molar-refractivity contribution in [3.63, 3.8) is 0 Å². The van der Waals surface area contributed by atoms with E-state index in [9.17, 15) is 41.0 Å². The van der Waals surface area contributed by atoms with E-state index in [1.807, 2.05) is 78.3 Å². The largest absolute Gasteiger partial charge is 0.378 e. The number of aromatic nitrogens is 16. The van der Waals surface area contributed by atoms with Gasteiger partial charge in [-0.1, -0.05) is 6.07 Å². The molecular weight excluding hydrogens is 1460 g/mol. The van der Waals surface area contributed by atoms with Crippen LogP contribution >= 0.6 is 34.0 Å². The second-order valence-electron chi connectivity index (χ2n) is 25.4. The molecule has 16 rings (SSSR count). The summed E-state index contributed by atoms with van der Waals surface area (Å²) in [7, 11) is -8.12. The number of anilines is 7. The van der Waals surface area contributed by atoms with Crippen LogP contribution in [0.25, 0.3) is 64.4 Å². The van der Waals surface area contributed by atoms with Gasteiger partial charge in [0, 0.05) is 112 Å². The van der Waals surface area contributed by atoms with E-state index >= 15 is 0 Å². The van der Waals surface area contributed by atoms with Crippen LogP contribution in [0.5, 0.6) is 0 Å². The third-order valence-corrected chi connectivity index (χ3v) is 26.6. The number of aryl methyl sites for hydroxylation is 1. The molecule has 0 unspecified atom stereocenters. The van der Waals surface area contributed by atoms with E-state index in [1.54, 1.807) is 88.0 Å². The number of rotatable bonds is 22. The maximum absolute atomic E-state index is 12.3. The first-order valence-corrected chi connectivity index (χ1v) is 40.6. The summed E-state index contributed by atoms with van der Waals surface area (Å²) in [4.78, 5) is 38.5. The number of nitrogens with zero attached hydrogens (tertiary/aromatic N) is 23. The van der Waals surface area contributed by atoms with Crippen LogP contribution in [-0.2, 0) is 58.5 Å². The summed E-state index contributed by atoms with van der Waals surface area (Å²) in [6.45, 7) is 9.33. The number of nitriles is 3. The Morgan fingerprint density at radius 1 is 0.486 bits per heavy atom. The number of morpholine rings is 1. The molecule has 540 valence electrons. The summed E-state index contributed by atoms with van der Waals surface area (Å²) >= 11 is 4.61. The number of hydrogen-bond donors (Lipinski definition) is 3. The Balaban J connectivity index is 0.000000133. The van der Waals surface area contributed by atoms with Crippen molar-refractivity contribution >= 4 is 135 Å². The van der Waals surface area contributed by atoms with Crippen LogP contribution < -0.4 is 20.9 Å². The average Bonchev–Trinajstić information content (AvgIpc) is 1.68. The van der Waals surface area contributed by atoms with Crippen molar-refractivity contribution in [3.8, 4) is 52.0 Å². The topological polar surface area (TPSA) is 406 Å². The van der Waals surface area contributed by atoms with Crippen LogP contribution in [-0.4, -0.2) is 200 Å². The van der Waals surface area contributed by atoms with Crippen molar-refractivity contribution in [2.45, 2.75) is 56.7 Å². The van der Waals surface area contributed by atoms with Crippen LogP contribution in [0.2, 0.25) is 0 Å². The maximum Gasteiger partial charge on any atom is 0.228 e. The third-order valence-electron chi connectivity index (χ3n) is 18.5. The Morgan fingerprint density at radius 2 is 0.876 bits per heavy atom. The van der Waals surface area contributed by atoms with E-state index in [4.69, 9.17) is 24.7 Å². The van der Waals surface area contributed by atoms with Gasteiger partial charge in [-0.25, -0.2) is 65.1 Å². The molecule has 1 aromatic carbocycles. The van der Waals surface area contributed by atoms with Crippen molar-refractivity contribution in [2.75, 3.05) is 104 Å². The molecule has 105 heavy (non-hydrogen) atoms. The fourth-order valence-electron chi connectivity index (χ4n) is 12.7. The second kappa shape index (κ2) is 29.3. The first-order valence-electron chi connectivity index (χ1n) is 33.1. The Hall–Kier alpha value is -10.4. The highest BCUT2D eigenvalue weighted by Gasteiger charge is 2.52. The van der Waals surface area contributed by atoms with Crippen molar-refractivity contribution in [2.24, 2.45) is 7.05 Å². The fraction of sp³-hybridized carbons (Fsp3) is 0.348. The first kappa shape index (κ1) is 71.6. The number of hydrogen-bond acceptors (Lipinski definition) is 29. The minimum atomic E-state index is -3.32. The minimum Gasteiger partial charge on any atom is -0.378 e. The lowest BCUT2D eigenvalue weighted by molar-refractivity contribution is 0.0719. The molecule has 3 N–H and O–H groups in total. The molecule has 4 aliphatic rings. The number of thiophene rings is 3. The zero-order valence-electron chi connectivity index (χ0n) is 57.0. The molecule has 0 amide bonds. The smallest absolute Gasteiger partial charge is 0.228 e. The molecule has 33 nitrogen and oxygen atoms in total. The first-order chi connectivity index (χ1) is 50.7. The number of ether oxygens (including phenoxy) is 1. The predicted octanol–water partition coefficient (Wildman–Crippen LogP) is 8.08. The van der Waals surface area contributed by atoms with Gasteiger partial charge in [0.1, 0.15) is 22.9 Å². The number of fused-ring (bicyclic) bond motifs is 3. The van der Waals surface area contributed by atoms with E-state index in [-0.39, 0.29) is 75.8 Å². The fourth-order valence-corrected chi connectivity index (χ4v) is 19.0. The third kappa shape index (κ3) is 14.5. The molecule has 0 bridgehead atoms. The van der Waals surface area contributed by atoms with Crippen LogP contribution in [0.1, 0.15) is 40.0 Å². The number of sulfonamides is 3. The molecule has 11 aromatic heterocycles. The van der Waals surface area contributed by atoms with Crippen molar-refractivity contribution in [1.82, 2.24) is 91.9 Å². The molecule has 0 spiro atoms. The quantitative estimate of drug-likeness (QED) is 0.0577. The lowest BCUT2D eigenvalue weighted by atomic mass is 9.89. The number of nitrogens with one attached hydrogen (secondary N) is 3. The second-order valence-corrected chi connectivity index (χ2v) is 34.9. The summed E-state index contributed by atoms with van der Waals surface area (Å²) in [6.07, 6.45) is 19.3. The van der Waals surface area contributed by atoms with Crippen LogP contribution in [0, 0.1) is 34.0 Å². The van der Waals surface area contributed by atoms with Crippen LogP contribution in [0.3, 0.4) is 0 Å². The van der Waals surface area contributed by atoms with E-state index < -0.39 is 46.7 Å². The summed E-state index contributed by atoms with van der Waals surface area (Å²) in [5.74, 6) is 1.39. The standard InChI is InChI=1S/C26H28N8O3S2.C20H21N9O2S2.C20H19N9O2S2/c1-2-39(35,36)33-17-26(18-33,7-8-27)34-16-19(15-28-34)23-24-22(6-13-38-24)30-25(31-23)29-20-4-3-5-21(14-20)32-9-11-37-12-10-32;1-3-33(30,31)28-12-20(13-28,5-6-21)29-10-14(8-23-29)17-18-16(4-7-32-18)25-19(26-17)24-15-9-22-27(2)11-15;1-2-33(30,31)28-11-20(12-28,4-5-21)29-10-14(7-24-29)17-18-16(3-6-32-18)26-19(27-17)25-15-8-22-13-23-9-15/h3-6,13-16H,2,7,9-12,17-18H2,1H3,(H,29,30,31);4,7-11H,3,5,12-13H2,1-2H3,(H,24,25,26);3,6-10,13H,2,4,11-12H2,1H3,(H,25,26,27).